The Labute approximate surface area is 158 Å². The molecule has 0 bridgehead atoms. The molecule has 0 radical (unpaired) electrons. The second kappa shape index (κ2) is 6.58. The summed E-state index contributed by atoms with van der Waals surface area (Å²) < 4.78 is 11.3. The summed E-state index contributed by atoms with van der Waals surface area (Å²) in [6.45, 7) is 7.87. The Morgan fingerprint density at radius 1 is 1.26 bits per heavy atom. The van der Waals surface area contributed by atoms with Gasteiger partial charge in [0.15, 0.2) is 0 Å². The highest BCUT2D eigenvalue weighted by Crippen LogP contribution is 2.36. The standard InChI is InChI=1S/C19H26N4O4/c1-19(2,3)27-18(25)22-8-9-23-13(10-22)11-26-17-14(23)6-7-15(21-17)20-16(24)12-4-5-12/h6-7,12-13H,4-5,8-11H2,1-3H3,(H,20,21,24)/t13-/m0/s1. The van der Waals surface area contributed by atoms with E-state index in [9.17, 15) is 9.59 Å². The summed E-state index contributed by atoms with van der Waals surface area (Å²) in [5.74, 6) is 1.22. The molecule has 1 N–H and O–H groups in total. The maximum atomic E-state index is 12.3. The lowest BCUT2D eigenvalue weighted by atomic mass is 10.1. The van der Waals surface area contributed by atoms with E-state index >= 15 is 0 Å². The van der Waals surface area contributed by atoms with Gasteiger partial charge in [0, 0.05) is 25.6 Å². The Bertz CT molecular complexity index is 757. The van der Waals surface area contributed by atoms with Crippen molar-refractivity contribution in [1.82, 2.24) is 9.88 Å². The molecule has 0 unspecified atom stereocenters. The number of ether oxygens (including phenoxy) is 2. The number of hydrogen-bond donors (Lipinski definition) is 1. The van der Waals surface area contributed by atoms with Crippen LogP contribution in [0.1, 0.15) is 33.6 Å². The summed E-state index contributed by atoms with van der Waals surface area (Å²) in [5, 5.41) is 2.85. The van der Waals surface area contributed by atoms with Crippen LogP contribution in [0.2, 0.25) is 0 Å². The number of nitrogens with zero attached hydrogens (tertiary/aromatic N) is 3. The van der Waals surface area contributed by atoms with Crippen molar-refractivity contribution in [1.29, 1.82) is 0 Å². The number of amides is 2. The molecule has 2 fully saturated rings. The summed E-state index contributed by atoms with van der Waals surface area (Å²) in [5.41, 5.74) is 0.397. The van der Waals surface area contributed by atoms with Crippen LogP contribution in [-0.2, 0) is 9.53 Å². The van der Waals surface area contributed by atoms with Gasteiger partial charge in [-0.25, -0.2) is 4.79 Å². The average molecular weight is 374 g/mol. The Hall–Kier alpha value is -2.51. The van der Waals surface area contributed by atoms with E-state index in [1.165, 1.54) is 0 Å². The van der Waals surface area contributed by atoms with Crippen molar-refractivity contribution in [3.8, 4) is 5.88 Å². The first-order chi connectivity index (χ1) is 12.8. The molecule has 146 valence electrons. The molecule has 27 heavy (non-hydrogen) atoms. The molecule has 0 spiro atoms. The Morgan fingerprint density at radius 3 is 2.74 bits per heavy atom. The summed E-state index contributed by atoms with van der Waals surface area (Å²) in [7, 11) is 0. The average Bonchev–Trinajstić information content (AvgIpc) is 3.44. The van der Waals surface area contributed by atoms with Crippen LogP contribution >= 0.6 is 0 Å². The highest BCUT2D eigenvalue weighted by atomic mass is 16.6. The summed E-state index contributed by atoms with van der Waals surface area (Å²) in [6.07, 6.45) is 1.62. The number of rotatable bonds is 2. The third-order valence-electron chi connectivity index (χ3n) is 4.90. The topological polar surface area (TPSA) is 84.0 Å². The van der Waals surface area contributed by atoms with Crippen molar-refractivity contribution < 1.29 is 19.1 Å². The monoisotopic (exact) mass is 374 g/mol. The van der Waals surface area contributed by atoms with E-state index in [2.05, 4.69) is 15.2 Å². The summed E-state index contributed by atoms with van der Waals surface area (Å²) in [6, 6.07) is 3.80. The van der Waals surface area contributed by atoms with E-state index in [0.717, 1.165) is 18.5 Å². The second-order valence-electron chi connectivity index (χ2n) is 8.37. The van der Waals surface area contributed by atoms with Gasteiger partial charge in [0.1, 0.15) is 23.7 Å². The maximum Gasteiger partial charge on any atom is 0.410 e. The lowest BCUT2D eigenvalue weighted by Crippen LogP contribution is -2.59. The second-order valence-corrected chi connectivity index (χ2v) is 8.37. The molecular weight excluding hydrogens is 348 g/mol. The molecule has 1 aromatic heterocycles. The van der Waals surface area contributed by atoms with Crippen LogP contribution < -0.4 is 15.0 Å². The van der Waals surface area contributed by atoms with Crippen molar-refractivity contribution in [2.75, 3.05) is 36.5 Å². The van der Waals surface area contributed by atoms with Crippen molar-refractivity contribution >= 4 is 23.5 Å². The molecule has 2 amide bonds. The van der Waals surface area contributed by atoms with Gasteiger partial charge in [-0.15, -0.1) is 0 Å². The van der Waals surface area contributed by atoms with Gasteiger partial charge in [0.25, 0.3) is 0 Å². The molecule has 3 heterocycles. The van der Waals surface area contributed by atoms with Gasteiger partial charge in [0.2, 0.25) is 11.8 Å². The van der Waals surface area contributed by atoms with Crippen LogP contribution in [0.4, 0.5) is 16.3 Å². The summed E-state index contributed by atoms with van der Waals surface area (Å²) >= 11 is 0. The zero-order chi connectivity index (χ0) is 19.2. The number of carbonyl (C=O) groups is 2. The van der Waals surface area contributed by atoms with Crippen molar-refractivity contribution in [3.05, 3.63) is 12.1 Å². The predicted molar refractivity (Wildman–Crippen MR) is 100 cm³/mol. The number of pyridine rings is 1. The van der Waals surface area contributed by atoms with E-state index in [1.807, 2.05) is 32.9 Å². The molecule has 4 rings (SSSR count). The first-order valence-electron chi connectivity index (χ1n) is 9.49. The fourth-order valence-corrected chi connectivity index (χ4v) is 3.38. The molecular formula is C19H26N4O4. The van der Waals surface area contributed by atoms with E-state index in [-0.39, 0.29) is 24.0 Å². The van der Waals surface area contributed by atoms with E-state index in [1.54, 1.807) is 4.90 Å². The molecule has 8 heteroatoms. The minimum Gasteiger partial charge on any atom is -0.474 e. The number of anilines is 2. The van der Waals surface area contributed by atoms with E-state index in [0.29, 0.717) is 37.9 Å². The van der Waals surface area contributed by atoms with Crippen molar-refractivity contribution in [2.45, 2.75) is 45.3 Å². The van der Waals surface area contributed by atoms with Crippen LogP contribution in [-0.4, -0.2) is 59.8 Å². The quantitative estimate of drug-likeness (QED) is 0.855. The molecule has 8 nitrogen and oxygen atoms in total. The SMILES string of the molecule is CC(C)(C)OC(=O)N1CCN2c3ccc(NC(=O)C4CC4)nc3OC[C@@H]2C1. The highest BCUT2D eigenvalue weighted by Gasteiger charge is 2.37. The van der Waals surface area contributed by atoms with Gasteiger partial charge in [-0.3, -0.25) is 4.79 Å². The van der Waals surface area contributed by atoms with Gasteiger partial charge < -0.3 is 24.6 Å². The summed E-state index contributed by atoms with van der Waals surface area (Å²) in [4.78, 5) is 32.7. The van der Waals surface area contributed by atoms with Crippen molar-refractivity contribution in [3.63, 3.8) is 0 Å². The van der Waals surface area contributed by atoms with Gasteiger partial charge >= 0.3 is 6.09 Å². The van der Waals surface area contributed by atoms with Crippen LogP contribution in [0, 0.1) is 5.92 Å². The Morgan fingerprint density at radius 2 is 2.04 bits per heavy atom. The molecule has 1 aromatic rings. The zero-order valence-corrected chi connectivity index (χ0v) is 16.0. The van der Waals surface area contributed by atoms with Gasteiger partial charge in [-0.2, -0.15) is 4.98 Å². The normalized spacial score (nSPS) is 21.7. The van der Waals surface area contributed by atoms with Crippen LogP contribution in [0.25, 0.3) is 0 Å². The smallest absolute Gasteiger partial charge is 0.410 e. The number of fused-ring (bicyclic) bond motifs is 3. The fourth-order valence-electron chi connectivity index (χ4n) is 3.38. The Balaban J connectivity index is 1.42. The predicted octanol–water partition coefficient (Wildman–Crippen LogP) is 2.25. The van der Waals surface area contributed by atoms with Gasteiger partial charge in [-0.1, -0.05) is 0 Å². The van der Waals surface area contributed by atoms with Crippen LogP contribution in [0.5, 0.6) is 5.88 Å². The maximum absolute atomic E-state index is 12.3. The van der Waals surface area contributed by atoms with Crippen LogP contribution in [0.15, 0.2) is 12.1 Å². The molecule has 1 atom stereocenters. The zero-order valence-electron chi connectivity index (χ0n) is 16.0. The third-order valence-corrected chi connectivity index (χ3v) is 4.90. The lowest BCUT2D eigenvalue weighted by Gasteiger charge is -2.45. The largest absolute Gasteiger partial charge is 0.474 e. The van der Waals surface area contributed by atoms with Crippen molar-refractivity contribution in [2.24, 2.45) is 5.92 Å². The van der Waals surface area contributed by atoms with Gasteiger partial charge in [-0.05, 0) is 45.7 Å². The molecule has 1 saturated heterocycles. The van der Waals surface area contributed by atoms with E-state index < -0.39 is 5.60 Å². The number of hydrogen-bond acceptors (Lipinski definition) is 6. The molecule has 2 aliphatic heterocycles. The highest BCUT2D eigenvalue weighted by molar-refractivity contribution is 5.93. The number of piperazine rings is 1. The van der Waals surface area contributed by atoms with Crippen LogP contribution in [0.3, 0.4) is 0 Å². The minimum atomic E-state index is -0.505. The third kappa shape index (κ3) is 3.94. The molecule has 1 saturated carbocycles. The first-order valence-corrected chi connectivity index (χ1v) is 9.49. The fraction of sp³-hybridized carbons (Fsp3) is 0.632. The lowest BCUT2D eigenvalue weighted by molar-refractivity contribution is -0.117. The molecule has 1 aliphatic carbocycles. The molecule has 0 aromatic carbocycles. The first kappa shape index (κ1) is 17.9. The van der Waals surface area contributed by atoms with E-state index in [4.69, 9.17) is 9.47 Å². The minimum absolute atomic E-state index is 0.0297. The number of carbonyl (C=O) groups excluding carboxylic acids is 2. The Kier molecular flexibility index (Phi) is 4.36. The van der Waals surface area contributed by atoms with Gasteiger partial charge in [0.05, 0.1) is 6.04 Å². The number of nitrogens with one attached hydrogen (secondary N) is 1. The molecule has 3 aliphatic rings. The number of aromatic nitrogens is 1.